The second-order valence-corrected chi connectivity index (χ2v) is 8.59. The number of amides is 3. The standard InChI is InChI=1S/C26H24FN7O6/c27-18-5-1-16(2-6-18)12-28-25(37)15-34-14-20(31-33-34)13-29-23(35)9-10-24(36)30-19-7-3-17(4-8-19)22-11-21(26(38)39)32-40-22/h1-8,11,14H,9-10,12-13,15H2,(H,28,37)(H,29,35)(H,30,36)(H,38,39). The molecule has 0 unspecified atom stereocenters. The zero-order valence-electron chi connectivity index (χ0n) is 21.0. The van der Waals surface area contributed by atoms with Crippen LogP contribution >= 0.6 is 0 Å². The van der Waals surface area contributed by atoms with Crippen molar-refractivity contribution < 1.29 is 33.2 Å². The number of nitrogens with one attached hydrogen (secondary N) is 3. The van der Waals surface area contributed by atoms with Crippen LogP contribution in [0, 0.1) is 5.82 Å². The summed E-state index contributed by atoms with van der Waals surface area (Å²) in [5.74, 6) is -2.32. The summed E-state index contributed by atoms with van der Waals surface area (Å²) in [6.45, 7) is 0.239. The summed E-state index contributed by atoms with van der Waals surface area (Å²) >= 11 is 0. The van der Waals surface area contributed by atoms with Crippen LogP contribution < -0.4 is 16.0 Å². The molecule has 0 fully saturated rings. The summed E-state index contributed by atoms with van der Waals surface area (Å²) in [6.07, 6.45) is 1.41. The van der Waals surface area contributed by atoms with E-state index in [1.54, 1.807) is 36.4 Å². The van der Waals surface area contributed by atoms with Crippen LogP contribution in [0.4, 0.5) is 10.1 Å². The lowest BCUT2D eigenvalue weighted by atomic mass is 10.1. The van der Waals surface area contributed by atoms with Crippen molar-refractivity contribution in [2.45, 2.75) is 32.5 Å². The van der Waals surface area contributed by atoms with Gasteiger partial charge in [-0.1, -0.05) is 22.5 Å². The number of halogens is 1. The van der Waals surface area contributed by atoms with Crippen LogP contribution in [-0.4, -0.2) is 48.9 Å². The monoisotopic (exact) mass is 549 g/mol. The van der Waals surface area contributed by atoms with Crippen molar-refractivity contribution in [2.75, 3.05) is 5.32 Å². The van der Waals surface area contributed by atoms with E-state index in [1.807, 2.05) is 0 Å². The van der Waals surface area contributed by atoms with Gasteiger partial charge >= 0.3 is 5.97 Å². The molecule has 4 aromatic rings. The van der Waals surface area contributed by atoms with Gasteiger partial charge in [-0.25, -0.2) is 13.9 Å². The van der Waals surface area contributed by atoms with Gasteiger partial charge in [-0.2, -0.15) is 0 Å². The molecule has 0 atom stereocenters. The molecule has 0 aliphatic heterocycles. The van der Waals surface area contributed by atoms with Crippen LogP contribution in [-0.2, 0) is 34.0 Å². The van der Waals surface area contributed by atoms with E-state index in [-0.39, 0.29) is 67.5 Å². The van der Waals surface area contributed by atoms with Crippen molar-refractivity contribution >= 4 is 29.4 Å². The van der Waals surface area contributed by atoms with Gasteiger partial charge in [0, 0.05) is 36.7 Å². The second-order valence-electron chi connectivity index (χ2n) is 8.59. The highest BCUT2D eigenvalue weighted by atomic mass is 19.1. The number of aromatic carboxylic acids is 1. The SMILES string of the molecule is O=C(CCC(=O)Nc1ccc(-c2cc(C(=O)O)no2)cc1)NCc1cn(CC(=O)NCc2ccc(F)cc2)nn1. The highest BCUT2D eigenvalue weighted by Crippen LogP contribution is 2.22. The van der Waals surface area contributed by atoms with E-state index in [1.165, 1.54) is 29.1 Å². The molecule has 0 saturated heterocycles. The number of hydrogen-bond acceptors (Lipinski definition) is 8. The molecule has 3 amide bonds. The zero-order valence-corrected chi connectivity index (χ0v) is 21.0. The first-order chi connectivity index (χ1) is 19.2. The molecule has 2 heterocycles. The normalized spacial score (nSPS) is 10.6. The van der Waals surface area contributed by atoms with Crippen molar-refractivity contribution in [1.82, 2.24) is 30.8 Å². The van der Waals surface area contributed by atoms with E-state index in [4.69, 9.17) is 9.63 Å². The van der Waals surface area contributed by atoms with E-state index in [2.05, 4.69) is 31.4 Å². The van der Waals surface area contributed by atoms with E-state index in [9.17, 15) is 23.6 Å². The summed E-state index contributed by atoms with van der Waals surface area (Å²) in [5.41, 5.74) is 2.05. The molecular weight excluding hydrogens is 525 g/mol. The van der Waals surface area contributed by atoms with Crippen molar-refractivity contribution in [2.24, 2.45) is 0 Å². The minimum Gasteiger partial charge on any atom is -0.476 e. The maximum atomic E-state index is 13.0. The van der Waals surface area contributed by atoms with Crippen LogP contribution in [0.5, 0.6) is 0 Å². The van der Waals surface area contributed by atoms with Gasteiger partial charge in [0.1, 0.15) is 18.1 Å². The van der Waals surface area contributed by atoms with Gasteiger partial charge in [0.15, 0.2) is 11.5 Å². The summed E-state index contributed by atoms with van der Waals surface area (Å²) in [7, 11) is 0. The number of hydrogen-bond donors (Lipinski definition) is 4. The molecular formula is C26H24FN7O6. The Labute approximate surface area is 226 Å². The van der Waals surface area contributed by atoms with Crippen LogP contribution in [0.2, 0.25) is 0 Å². The lowest BCUT2D eigenvalue weighted by Gasteiger charge is -2.06. The summed E-state index contributed by atoms with van der Waals surface area (Å²) < 4.78 is 19.3. The van der Waals surface area contributed by atoms with Crippen molar-refractivity contribution in [3.8, 4) is 11.3 Å². The summed E-state index contributed by atoms with van der Waals surface area (Å²) in [5, 5.41) is 28.2. The lowest BCUT2D eigenvalue weighted by molar-refractivity contribution is -0.124. The van der Waals surface area contributed by atoms with E-state index in [0.29, 0.717) is 16.9 Å². The number of rotatable bonds is 12. The largest absolute Gasteiger partial charge is 0.476 e. The number of carbonyl (C=O) groups excluding carboxylic acids is 3. The Bertz CT molecular complexity index is 1500. The Kier molecular flexibility index (Phi) is 8.92. The smallest absolute Gasteiger partial charge is 0.358 e. The fourth-order valence-corrected chi connectivity index (χ4v) is 3.46. The maximum Gasteiger partial charge on any atom is 0.358 e. The number of carboxylic acid groups (broad SMARTS) is 1. The van der Waals surface area contributed by atoms with Gasteiger partial charge in [-0.3, -0.25) is 14.4 Å². The van der Waals surface area contributed by atoms with Crippen LogP contribution in [0.1, 0.15) is 34.6 Å². The number of anilines is 1. The fourth-order valence-electron chi connectivity index (χ4n) is 3.46. The zero-order chi connectivity index (χ0) is 28.5. The van der Waals surface area contributed by atoms with Crippen molar-refractivity contribution in [1.29, 1.82) is 0 Å². The lowest BCUT2D eigenvalue weighted by Crippen LogP contribution is -2.27. The Morgan fingerprint density at radius 2 is 1.60 bits per heavy atom. The van der Waals surface area contributed by atoms with E-state index < -0.39 is 5.97 Å². The average Bonchev–Trinajstić information content (AvgIpc) is 3.61. The third-order valence-corrected chi connectivity index (χ3v) is 5.52. The van der Waals surface area contributed by atoms with E-state index in [0.717, 1.165) is 5.56 Å². The quantitative estimate of drug-likeness (QED) is 0.206. The van der Waals surface area contributed by atoms with Crippen LogP contribution in [0.15, 0.2) is 65.3 Å². The van der Waals surface area contributed by atoms with Crippen LogP contribution in [0.25, 0.3) is 11.3 Å². The van der Waals surface area contributed by atoms with Gasteiger partial charge in [-0.15, -0.1) is 5.10 Å². The van der Waals surface area contributed by atoms with Crippen molar-refractivity contribution in [3.05, 3.63) is 83.6 Å². The molecule has 4 N–H and O–H groups in total. The molecule has 206 valence electrons. The first-order valence-corrected chi connectivity index (χ1v) is 12.0. The van der Waals surface area contributed by atoms with Gasteiger partial charge in [-0.05, 0) is 42.0 Å². The topological polar surface area (TPSA) is 181 Å². The maximum absolute atomic E-state index is 13.0. The Morgan fingerprint density at radius 1 is 0.900 bits per heavy atom. The number of nitrogens with zero attached hydrogens (tertiary/aromatic N) is 4. The highest BCUT2D eigenvalue weighted by molar-refractivity contribution is 5.93. The predicted molar refractivity (Wildman–Crippen MR) is 137 cm³/mol. The van der Waals surface area contributed by atoms with E-state index >= 15 is 0 Å². The molecule has 0 bridgehead atoms. The summed E-state index contributed by atoms with van der Waals surface area (Å²) in [6, 6.07) is 13.6. The minimum atomic E-state index is -1.20. The first kappa shape index (κ1) is 27.6. The Balaban J connectivity index is 1.14. The first-order valence-electron chi connectivity index (χ1n) is 12.0. The third-order valence-electron chi connectivity index (χ3n) is 5.52. The molecule has 0 aliphatic carbocycles. The molecule has 40 heavy (non-hydrogen) atoms. The average molecular weight is 550 g/mol. The third kappa shape index (κ3) is 8.05. The van der Waals surface area contributed by atoms with Gasteiger partial charge < -0.3 is 25.6 Å². The van der Waals surface area contributed by atoms with Gasteiger partial charge in [0.25, 0.3) is 0 Å². The second kappa shape index (κ2) is 12.9. The molecule has 0 saturated carbocycles. The number of benzene rings is 2. The highest BCUT2D eigenvalue weighted by Gasteiger charge is 2.13. The molecule has 2 aromatic heterocycles. The van der Waals surface area contributed by atoms with Crippen molar-refractivity contribution in [3.63, 3.8) is 0 Å². The molecule has 13 nitrogen and oxygen atoms in total. The predicted octanol–water partition coefficient (Wildman–Crippen LogP) is 2.12. The number of aromatic nitrogens is 4. The number of carboxylic acids is 1. The summed E-state index contributed by atoms with van der Waals surface area (Å²) in [4.78, 5) is 47.4. The molecule has 0 aliphatic rings. The molecule has 4 rings (SSSR count). The number of carbonyl (C=O) groups is 4. The molecule has 0 spiro atoms. The molecule has 0 radical (unpaired) electrons. The Hall–Kier alpha value is -5.40. The van der Waals surface area contributed by atoms with Crippen LogP contribution in [0.3, 0.4) is 0 Å². The molecule has 2 aromatic carbocycles. The minimum absolute atomic E-state index is 0.0557. The Morgan fingerprint density at radius 3 is 2.30 bits per heavy atom. The van der Waals surface area contributed by atoms with Gasteiger partial charge in [0.05, 0.1) is 12.7 Å². The fraction of sp³-hybridized carbons (Fsp3) is 0.192. The van der Waals surface area contributed by atoms with Gasteiger partial charge in [0.2, 0.25) is 17.7 Å². The molecule has 14 heteroatoms.